The Hall–Kier alpha value is -1.28. The third kappa shape index (κ3) is 3.70. The van der Waals surface area contributed by atoms with Gasteiger partial charge < -0.3 is 10.6 Å². The lowest BCUT2D eigenvalue weighted by Crippen LogP contribution is -2.21. The Morgan fingerprint density at radius 2 is 1.75 bits per heavy atom. The largest absolute Gasteiger partial charge is 0.372 e. The van der Waals surface area contributed by atoms with Gasteiger partial charge in [-0.25, -0.2) is 0 Å². The normalized spacial score (nSPS) is 10.9. The van der Waals surface area contributed by atoms with Crippen LogP contribution >= 0.6 is 0 Å². The third-order valence-corrected chi connectivity index (χ3v) is 2.67. The van der Waals surface area contributed by atoms with Crippen molar-refractivity contribution in [2.45, 2.75) is 20.3 Å². The van der Waals surface area contributed by atoms with Gasteiger partial charge in [-0.05, 0) is 44.5 Å². The summed E-state index contributed by atoms with van der Waals surface area (Å²) in [6, 6.07) is 8.66. The molecule has 0 radical (unpaired) electrons. The van der Waals surface area contributed by atoms with Gasteiger partial charge in [0, 0.05) is 18.8 Å². The molecule has 0 unspecified atom stereocenters. The minimum atomic E-state index is 0.716. The maximum Gasteiger partial charge on any atom is 0.0366 e. The van der Waals surface area contributed by atoms with Gasteiger partial charge in [-0.1, -0.05) is 24.3 Å². The molecule has 0 atom stereocenters. The number of hydrogen-bond acceptors (Lipinski definition) is 2. The van der Waals surface area contributed by atoms with E-state index >= 15 is 0 Å². The van der Waals surface area contributed by atoms with Crippen LogP contribution in [0.2, 0.25) is 0 Å². The maximum absolute atomic E-state index is 5.43. The molecule has 2 heteroatoms. The van der Waals surface area contributed by atoms with Crippen LogP contribution in [-0.2, 0) is 0 Å². The van der Waals surface area contributed by atoms with Crippen molar-refractivity contribution < 1.29 is 0 Å². The molecule has 0 aliphatic heterocycles. The van der Waals surface area contributed by atoms with Gasteiger partial charge in [-0.3, -0.25) is 0 Å². The number of anilines is 1. The van der Waals surface area contributed by atoms with Crippen molar-refractivity contribution in [3.63, 3.8) is 0 Å². The highest BCUT2D eigenvalue weighted by Gasteiger charge is 1.99. The average Bonchev–Trinajstić information content (AvgIpc) is 2.33. The van der Waals surface area contributed by atoms with Crippen molar-refractivity contribution in [1.29, 1.82) is 0 Å². The number of hydrogen-bond donors (Lipinski definition) is 1. The first-order valence-electron chi connectivity index (χ1n) is 6.03. The fraction of sp³-hybridized carbons (Fsp3) is 0.429. The predicted octanol–water partition coefficient (Wildman–Crippen LogP) is 2.89. The van der Waals surface area contributed by atoms with E-state index in [0.717, 1.165) is 19.5 Å². The molecule has 2 N–H and O–H groups in total. The Morgan fingerprint density at radius 3 is 2.25 bits per heavy atom. The first kappa shape index (κ1) is 12.8. The Labute approximate surface area is 98.8 Å². The lowest BCUT2D eigenvalue weighted by molar-refractivity contribution is 0.866. The van der Waals surface area contributed by atoms with E-state index in [2.05, 4.69) is 55.2 Å². The minimum Gasteiger partial charge on any atom is -0.372 e. The zero-order valence-electron chi connectivity index (χ0n) is 10.3. The molecule has 0 aromatic heterocycles. The van der Waals surface area contributed by atoms with E-state index in [1.165, 1.54) is 11.3 Å². The molecule has 0 aliphatic carbocycles. The molecule has 0 saturated heterocycles. The van der Waals surface area contributed by atoms with Gasteiger partial charge >= 0.3 is 0 Å². The van der Waals surface area contributed by atoms with Crippen LogP contribution in [0.3, 0.4) is 0 Å². The molecular formula is C14H22N2. The third-order valence-electron chi connectivity index (χ3n) is 2.67. The van der Waals surface area contributed by atoms with Gasteiger partial charge in [0.15, 0.2) is 0 Å². The summed E-state index contributed by atoms with van der Waals surface area (Å²) >= 11 is 0. The van der Waals surface area contributed by atoms with Crippen LogP contribution in [-0.4, -0.2) is 19.6 Å². The molecule has 0 saturated carbocycles. The Morgan fingerprint density at radius 1 is 1.12 bits per heavy atom. The molecule has 0 bridgehead atoms. The van der Waals surface area contributed by atoms with E-state index in [0.29, 0.717) is 6.54 Å². The van der Waals surface area contributed by atoms with Crippen LogP contribution in [0.1, 0.15) is 25.8 Å². The Kier molecular flexibility index (Phi) is 5.65. The first-order valence-corrected chi connectivity index (χ1v) is 6.03. The van der Waals surface area contributed by atoms with Gasteiger partial charge in [-0.15, -0.1) is 0 Å². The van der Waals surface area contributed by atoms with Crippen molar-refractivity contribution in [2.24, 2.45) is 5.73 Å². The molecule has 0 heterocycles. The first-order chi connectivity index (χ1) is 7.81. The highest BCUT2D eigenvalue weighted by Crippen LogP contribution is 2.15. The summed E-state index contributed by atoms with van der Waals surface area (Å²) in [7, 11) is 0. The van der Waals surface area contributed by atoms with Gasteiger partial charge in [0.25, 0.3) is 0 Å². The molecular weight excluding hydrogens is 196 g/mol. The van der Waals surface area contributed by atoms with Crippen LogP contribution < -0.4 is 10.6 Å². The quantitative estimate of drug-likeness (QED) is 0.795. The van der Waals surface area contributed by atoms with Gasteiger partial charge in [0.1, 0.15) is 0 Å². The molecule has 88 valence electrons. The summed E-state index contributed by atoms with van der Waals surface area (Å²) in [5, 5.41) is 0. The summed E-state index contributed by atoms with van der Waals surface area (Å²) in [5.41, 5.74) is 7.97. The summed E-state index contributed by atoms with van der Waals surface area (Å²) in [6.45, 7) is 7.18. The van der Waals surface area contributed by atoms with Crippen LogP contribution in [0.5, 0.6) is 0 Å². The van der Waals surface area contributed by atoms with Crippen molar-refractivity contribution in [3.05, 3.63) is 35.9 Å². The molecule has 1 rings (SSSR count). The molecule has 0 aliphatic rings. The lowest BCUT2D eigenvalue weighted by Gasteiger charge is -2.20. The van der Waals surface area contributed by atoms with Crippen LogP contribution in [0, 0.1) is 0 Å². The van der Waals surface area contributed by atoms with E-state index in [1.807, 2.05) is 0 Å². The standard InChI is InChI=1S/C14H22N2/c1-3-16(4-2)14-10-8-13(9-11-14)7-5-6-12-15/h5,7-11H,3-4,6,12,15H2,1-2H3/b7-5+. The van der Waals surface area contributed by atoms with Crippen molar-refractivity contribution in [2.75, 3.05) is 24.5 Å². The fourth-order valence-corrected chi connectivity index (χ4v) is 1.70. The van der Waals surface area contributed by atoms with Crippen LogP contribution in [0.15, 0.2) is 30.3 Å². The lowest BCUT2D eigenvalue weighted by atomic mass is 10.1. The van der Waals surface area contributed by atoms with Gasteiger partial charge in [0.2, 0.25) is 0 Å². The topological polar surface area (TPSA) is 29.3 Å². The summed E-state index contributed by atoms with van der Waals surface area (Å²) in [6.07, 6.45) is 5.18. The molecule has 0 amide bonds. The van der Waals surface area contributed by atoms with Crippen LogP contribution in [0.25, 0.3) is 6.08 Å². The second-order valence-electron chi connectivity index (χ2n) is 3.74. The number of nitrogens with zero attached hydrogens (tertiary/aromatic N) is 1. The number of benzene rings is 1. The zero-order valence-corrected chi connectivity index (χ0v) is 10.3. The summed E-state index contributed by atoms with van der Waals surface area (Å²) in [4.78, 5) is 2.34. The second kappa shape index (κ2) is 7.07. The Balaban J connectivity index is 2.67. The van der Waals surface area contributed by atoms with Crippen LogP contribution in [0.4, 0.5) is 5.69 Å². The highest BCUT2D eigenvalue weighted by molar-refractivity contribution is 5.55. The minimum absolute atomic E-state index is 0.716. The fourth-order valence-electron chi connectivity index (χ4n) is 1.70. The van der Waals surface area contributed by atoms with E-state index < -0.39 is 0 Å². The Bertz CT molecular complexity index is 310. The number of nitrogens with two attached hydrogens (primary N) is 1. The monoisotopic (exact) mass is 218 g/mol. The average molecular weight is 218 g/mol. The van der Waals surface area contributed by atoms with E-state index in [-0.39, 0.29) is 0 Å². The second-order valence-corrected chi connectivity index (χ2v) is 3.74. The molecule has 0 fully saturated rings. The molecule has 0 spiro atoms. The smallest absolute Gasteiger partial charge is 0.0366 e. The SMILES string of the molecule is CCN(CC)c1ccc(/C=C/CCN)cc1. The van der Waals surface area contributed by atoms with E-state index in [1.54, 1.807) is 0 Å². The van der Waals surface area contributed by atoms with Crippen molar-refractivity contribution in [3.8, 4) is 0 Å². The summed E-state index contributed by atoms with van der Waals surface area (Å²) in [5.74, 6) is 0. The molecule has 16 heavy (non-hydrogen) atoms. The number of rotatable bonds is 6. The molecule has 2 nitrogen and oxygen atoms in total. The van der Waals surface area contributed by atoms with Gasteiger partial charge in [-0.2, -0.15) is 0 Å². The van der Waals surface area contributed by atoms with Crippen molar-refractivity contribution in [1.82, 2.24) is 0 Å². The predicted molar refractivity (Wildman–Crippen MR) is 72.7 cm³/mol. The molecule has 1 aromatic carbocycles. The zero-order chi connectivity index (χ0) is 11.8. The van der Waals surface area contributed by atoms with Gasteiger partial charge in [0.05, 0.1) is 0 Å². The van der Waals surface area contributed by atoms with E-state index in [9.17, 15) is 0 Å². The summed E-state index contributed by atoms with van der Waals surface area (Å²) < 4.78 is 0. The van der Waals surface area contributed by atoms with E-state index in [4.69, 9.17) is 5.73 Å². The molecule has 1 aromatic rings. The maximum atomic E-state index is 5.43. The van der Waals surface area contributed by atoms with Crippen molar-refractivity contribution >= 4 is 11.8 Å². The highest BCUT2D eigenvalue weighted by atomic mass is 15.1.